The van der Waals surface area contributed by atoms with Crippen molar-refractivity contribution in [1.29, 1.82) is 0 Å². The van der Waals surface area contributed by atoms with Crippen molar-refractivity contribution in [2.24, 2.45) is 0 Å². The van der Waals surface area contributed by atoms with Gasteiger partial charge in [0.1, 0.15) is 0 Å². The predicted octanol–water partition coefficient (Wildman–Crippen LogP) is 3.15. The van der Waals surface area contributed by atoms with E-state index in [0.29, 0.717) is 0 Å². The Bertz CT molecular complexity index is 591. The first-order chi connectivity index (χ1) is 9.76. The van der Waals surface area contributed by atoms with Crippen LogP contribution in [-0.4, -0.2) is 11.9 Å². The van der Waals surface area contributed by atoms with Gasteiger partial charge in [0, 0.05) is 11.6 Å². The van der Waals surface area contributed by atoms with Crippen LogP contribution in [0.2, 0.25) is 0 Å². The highest BCUT2D eigenvalue weighted by Gasteiger charge is 2.22. The second kappa shape index (κ2) is 5.49. The number of amides is 1. The first-order valence-electron chi connectivity index (χ1n) is 7.23. The van der Waals surface area contributed by atoms with Gasteiger partial charge in [0.05, 0.1) is 0 Å². The standard InChI is InChI=1S/C18H19NO/c1-2-13-7-9-14(10-8-13)18(20)19-17-11-15-5-3-4-6-16(15)12-17/h3-10,17H,2,11-12H2,1H3,(H,19,20). The molecule has 0 atom stereocenters. The van der Waals surface area contributed by atoms with E-state index < -0.39 is 0 Å². The molecule has 1 aliphatic carbocycles. The maximum absolute atomic E-state index is 12.2. The SMILES string of the molecule is CCc1ccc(C(=O)NC2Cc3ccccc3C2)cc1. The minimum atomic E-state index is 0.0328. The van der Waals surface area contributed by atoms with Crippen molar-refractivity contribution in [3.05, 3.63) is 70.8 Å². The second-order valence-electron chi connectivity index (χ2n) is 5.40. The molecule has 0 heterocycles. The molecule has 2 aromatic rings. The van der Waals surface area contributed by atoms with Gasteiger partial charge >= 0.3 is 0 Å². The molecular formula is C18H19NO. The summed E-state index contributed by atoms with van der Waals surface area (Å²) in [5.74, 6) is 0.0328. The number of fused-ring (bicyclic) bond motifs is 1. The molecule has 2 nitrogen and oxygen atoms in total. The van der Waals surface area contributed by atoms with Crippen LogP contribution in [0.25, 0.3) is 0 Å². The Morgan fingerprint density at radius 1 is 1.05 bits per heavy atom. The highest BCUT2D eigenvalue weighted by atomic mass is 16.1. The van der Waals surface area contributed by atoms with Crippen molar-refractivity contribution in [1.82, 2.24) is 5.32 Å². The van der Waals surface area contributed by atoms with Crippen LogP contribution in [0.5, 0.6) is 0 Å². The van der Waals surface area contributed by atoms with Crippen molar-refractivity contribution in [3.8, 4) is 0 Å². The minimum absolute atomic E-state index is 0.0328. The van der Waals surface area contributed by atoms with Gasteiger partial charge in [-0.2, -0.15) is 0 Å². The fourth-order valence-electron chi connectivity index (χ4n) is 2.82. The van der Waals surface area contributed by atoms with Crippen LogP contribution in [0, 0.1) is 0 Å². The molecule has 20 heavy (non-hydrogen) atoms. The lowest BCUT2D eigenvalue weighted by Gasteiger charge is -2.12. The summed E-state index contributed by atoms with van der Waals surface area (Å²) in [7, 11) is 0. The lowest BCUT2D eigenvalue weighted by molar-refractivity contribution is 0.0938. The highest BCUT2D eigenvalue weighted by Crippen LogP contribution is 2.21. The number of nitrogens with one attached hydrogen (secondary N) is 1. The van der Waals surface area contributed by atoms with Crippen LogP contribution in [-0.2, 0) is 19.3 Å². The molecule has 0 fully saturated rings. The summed E-state index contributed by atoms with van der Waals surface area (Å²) in [5.41, 5.74) is 4.73. The third kappa shape index (κ3) is 2.60. The van der Waals surface area contributed by atoms with Crippen molar-refractivity contribution >= 4 is 5.91 Å². The molecule has 102 valence electrons. The Kier molecular flexibility index (Phi) is 3.55. The smallest absolute Gasteiger partial charge is 0.251 e. The van der Waals surface area contributed by atoms with Gasteiger partial charge in [-0.05, 0) is 48.1 Å². The molecule has 1 aliphatic rings. The Labute approximate surface area is 119 Å². The molecule has 0 bridgehead atoms. The van der Waals surface area contributed by atoms with E-state index in [1.807, 2.05) is 24.3 Å². The monoisotopic (exact) mass is 265 g/mol. The van der Waals surface area contributed by atoms with Gasteiger partial charge in [0.25, 0.3) is 5.91 Å². The van der Waals surface area contributed by atoms with Gasteiger partial charge in [-0.15, -0.1) is 0 Å². The van der Waals surface area contributed by atoms with Crippen LogP contribution in [0.4, 0.5) is 0 Å². The number of rotatable bonds is 3. The zero-order valence-corrected chi connectivity index (χ0v) is 11.7. The molecule has 3 rings (SSSR count). The molecule has 0 saturated carbocycles. The van der Waals surface area contributed by atoms with Gasteiger partial charge in [-0.25, -0.2) is 0 Å². The van der Waals surface area contributed by atoms with Crippen LogP contribution in [0.15, 0.2) is 48.5 Å². The summed E-state index contributed by atoms with van der Waals surface area (Å²) >= 11 is 0. The Balaban J connectivity index is 1.65. The van der Waals surface area contributed by atoms with E-state index in [2.05, 4.69) is 36.5 Å². The number of carbonyl (C=O) groups is 1. The third-order valence-corrected chi connectivity index (χ3v) is 4.01. The summed E-state index contributed by atoms with van der Waals surface area (Å²) in [6.45, 7) is 2.12. The van der Waals surface area contributed by atoms with Crippen molar-refractivity contribution in [2.75, 3.05) is 0 Å². The summed E-state index contributed by atoms with van der Waals surface area (Å²) in [6.07, 6.45) is 2.88. The number of hydrogen-bond acceptors (Lipinski definition) is 1. The molecule has 0 unspecified atom stereocenters. The van der Waals surface area contributed by atoms with Crippen LogP contribution < -0.4 is 5.32 Å². The Morgan fingerprint density at radius 2 is 1.65 bits per heavy atom. The zero-order valence-electron chi connectivity index (χ0n) is 11.7. The van der Waals surface area contributed by atoms with Crippen LogP contribution >= 0.6 is 0 Å². The van der Waals surface area contributed by atoms with Gasteiger partial charge in [0.15, 0.2) is 0 Å². The molecule has 0 aromatic heterocycles. The fourth-order valence-corrected chi connectivity index (χ4v) is 2.82. The summed E-state index contributed by atoms with van der Waals surface area (Å²) in [5, 5.41) is 3.14. The first-order valence-corrected chi connectivity index (χ1v) is 7.23. The third-order valence-electron chi connectivity index (χ3n) is 4.01. The molecule has 0 radical (unpaired) electrons. The van der Waals surface area contributed by atoms with Gasteiger partial charge in [0.2, 0.25) is 0 Å². The quantitative estimate of drug-likeness (QED) is 0.907. The van der Waals surface area contributed by atoms with Gasteiger partial charge in [-0.1, -0.05) is 43.3 Å². The average Bonchev–Trinajstić information content (AvgIpc) is 2.89. The maximum atomic E-state index is 12.2. The number of aryl methyl sites for hydroxylation is 1. The molecule has 0 spiro atoms. The first kappa shape index (κ1) is 12.9. The van der Waals surface area contributed by atoms with Crippen LogP contribution in [0.1, 0.15) is 34.0 Å². The molecule has 2 aromatic carbocycles. The van der Waals surface area contributed by atoms with E-state index in [4.69, 9.17) is 0 Å². The molecule has 2 heteroatoms. The summed E-state index contributed by atoms with van der Waals surface area (Å²) < 4.78 is 0. The number of carbonyl (C=O) groups excluding carboxylic acids is 1. The average molecular weight is 265 g/mol. The van der Waals surface area contributed by atoms with Crippen molar-refractivity contribution in [2.45, 2.75) is 32.2 Å². The fraction of sp³-hybridized carbons (Fsp3) is 0.278. The van der Waals surface area contributed by atoms with Crippen molar-refractivity contribution in [3.63, 3.8) is 0 Å². The largest absolute Gasteiger partial charge is 0.349 e. The number of benzene rings is 2. The van der Waals surface area contributed by atoms with E-state index in [-0.39, 0.29) is 11.9 Å². The molecule has 1 N–H and O–H groups in total. The Hall–Kier alpha value is -2.09. The van der Waals surface area contributed by atoms with Gasteiger partial charge < -0.3 is 5.32 Å². The molecular weight excluding hydrogens is 246 g/mol. The van der Waals surface area contributed by atoms with Crippen molar-refractivity contribution < 1.29 is 4.79 Å². The maximum Gasteiger partial charge on any atom is 0.251 e. The lowest BCUT2D eigenvalue weighted by atomic mass is 10.1. The predicted molar refractivity (Wildman–Crippen MR) is 80.9 cm³/mol. The highest BCUT2D eigenvalue weighted by molar-refractivity contribution is 5.94. The zero-order chi connectivity index (χ0) is 13.9. The Morgan fingerprint density at radius 3 is 2.20 bits per heavy atom. The normalized spacial score (nSPS) is 14.1. The van der Waals surface area contributed by atoms with E-state index in [0.717, 1.165) is 24.8 Å². The van der Waals surface area contributed by atoms with E-state index >= 15 is 0 Å². The minimum Gasteiger partial charge on any atom is -0.349 e. The second-order valence-corrected chi connectivity index (χ2v) is 5.40. The summed E-state index contributed by atoms with van der Waals surface area (Å²) in [6, 6.07) is 16.5. The molecule has 0 saturated heterocycles. The summed E-state index contributed by atoms with van der Waals surface area (Å²) in [4.78, 5) is 12.2. The topological polar surface area (TPSA) is 29.1 Å². The number of hydrogen-bond donors (Lipinski definition) is 1. The molecule has 0 aliphatic heterocycles. The lowest BCUT2D eigenvalue weighted by Crippen LogP contribution is -2.35. The van der Waals surface area contributed by atoms with E-state index in [1.54, 1.807) is 0 Å². The van der Waals surface area contributed by atoms with Gasteiger partial charge in [-0.3, -0.25) is 4.79 Å². The van der Waals surface area contributed by atoms with E-state index in [1.165, 1.54) is 16.7 Å². The van der Waals surface area contributed by atoms with Crippen LogP contribution in [0.3, 0.4) is 0 Å². The van der Waals surface area contributed by atoms with E-state index in [9.17, 15) is 4.79 Å². The molecule has 1 amide bonds.